The zero-order valence-corrected chi connectivity index (χ0v) is 5.54. The zero-order chi connectivity index (χ0) is 7.28. The second-order valence-electron chi connectivity index (χ2n) is 2.14. The van der Waals surface area contributed by atoms with Crippen LogP contribution < -0.4 is 0 Å². The van der Waals surface area contributed by atoms with E-state index >= 15 is 0 Å². The summed E-state index contributed by atoms with van der Waals surface area (Å²) >= 11 is 0. The van der Waals surface area contributed by atoms with Gasteiger partial charge in [0, 0.05) is 6.42 Å². The molecule has 52 valence electrons. The van der Waals surface area contributed by atoms with Crippen molar-refractivity contribution in [3.8, 4) is 12.3 Å². The van der Waals surface area contributed by atoms with E-state index in [9.17, 15) is 0 Å². The van der Waals surface area contributed by atoms with Crippen molar-refractivity contribution in [1.82, 2.24) is 0 Å². The van der Waals surface area contributed by atoms with E-state index in [2.05, 4.69) is 5.92 Å². The molecular formula is C7H12O2. The summed E-state index contributed by atoms with van der Waals surface area (Å²) in [7, 11) is 0. The number of hydrogen-bond donors (Lipinski definition) is 2. The highest BCUT2D eigenvalue weighted by molar-refractivity contribution is 4.87. The molecule has 9 heavy (non-hydrogen) atoms. The Morgan fingerprint density at radius 3 is 2.56 bits per heavy atom. The van der Waals surface area contributed by atoms with Crippen molar-refractivity contribution < 1.29 is 10.2 Å². The average Bonchev–Trinajstić information content (AvgIpc) is 1.87. The molecule has 2 heteroatoms. The largest absolute Gasteiger partial charge is 0.394 e. The fraction of sp³-hybridized carbons (Fsp3) is 0.714. The van der Waals surface area contributed by atoms with Gasteiger partial charge in [-0.05, 0) is 5.92 Å². The van der Waals surface area contributed by atoms with E-state index in [0.29, 0.717) is 6.42 Å². The molecule has 0 spiro atoms. The number of aliphatic hydroxyl groups is 2. The molecule has 0 aromatic carbocycles. The van der Waals surface area contributed by atoms with Crippen LogP contribution in [0.2, 0.25) is 0 Å². The van der Waals surface area contributed by atoms with Crippen molar-refractivity contribution in [3.05, 3.63) is 0 Å². The number of terminal acetylenes is 1. The predicted molar refractivity (Wildman–Crippen MR) is 35.7 cm³/mol. The van der Waals surface area contributed by atoms with Gasteiger partial charge in [-0.15, -0.1) is 12.3 Å². The highest BCUT2D eigenvalue weighted by Gasteiger charge is 2.10. The van der Waals surface area contributed by atoms with Gasteiger partial charge in [0.2, 0.25) is 0 Å². The molecule has 2 N–H and O–H groups in total. The van der Waals surface area contributed by atoms with Gasteiger partial charge in [0.05, 0.1) is 12.7 Å². The van der Waals surface area contributed by atoms with Gasteiger partial charge in [-0.1, -0.05) is 6.92 Å². The molecular weight excluding hydrogens is 116 g/mol. The summed E-state index contributed by atoms with van der Waals surface area (Å²) in [6.45, 7) is 1.60. The van der Waals surface area contributed by atoms with Crippen LogP contribution in [-0.2, 0) is 0 Å². The van der Waals surface area contributed by atoms with Crippen LogP contribution in [0.5, 0.6) is 0 Å². The van der Waals surface area contributed by atoms with Crippen LogP contribution in [0.15, 0.2) is 0 Å². The van der Waals surface area contributed by atoms with Crippen LogP contribution >= 0.6 is 0 Å². The number of aliphatic hydroxyl groups excluding tert-OH is 2. The highest BCUT2D eigenvalue weighted by Crippen LogP contribution is 2.05. The summed E-state index contributed by atoms with van der Waals surface area (Å²) in [6, 6.07) is 0. The second kappa shape index (κ2) is 4.37. The quantitative estimate of drug-likeness (QED) is 0.525. The fourth-order valence-corrected chi connectivity index (χ4v) is 0.502. The summed E-state index contributed by atoms with van der Waals surface area (Å²) in [5.74, 6) is 2.41. The average molecular weight is 128 g/mol. The minimum absolute atomic E-state index is 0.000000000000000444. The van der Waals surface area contributed by atoms with Gasteiger partial charge in [-0.25, -0.2) is 0 Å². The van der Waals surface area contributed by atoms with Crippen molar-refractivity contribution >= 4 is 0 Å². The first-order valence-electron chi connectivity index (χ1n) is 2.94. The molecule has 0 aliphatic heterocycles. The third kappa shape index (κ3) is 3.12. The normalized spacial score (nSPS) is 16.2. The molecule has 0 amide bonds. The minimum atomic E-state index is -0.666. The van der Waals surface area contributed by atoms with E-state index in [-0.39, 0.29) is 12.5 Å². The molecule has 0 unspecified atom stereocenters. The van der Waals surface area contributed by atoms with Crippen LogP contribution in [-0.4, -0.2) is 22.9 Å². The lowest BCUT2D eigenvalue weighted by Gasteiger charge is -2.12. The van der Waals surface area contributed by atoms with Crippen LogP contribution in [0, 0.1) is 18.3 Å². The minimum Gasteiger partial charge on any atom is -0.394 e. The molecule has 0 aromatic heterocycles. The van der Waals surface area contributed by atoms with Gasteiger partial charge < -0.3 is 10.2 Å². The van der Waals surface area contributed by atoms with Crippen LogP contribution in [0.1, 0.15) is 13.3 Å². The van der Waals surface area contributed by atoms with Gasteiger partial charge in [0.15, 0.2) is 0 Å². The van der Waals surface area contributed by atoms with Crippen molar-refractivity contribution in [1.29, 1.82) is 0 Å². The van der Waals surface area contributed by atoms with Gasteiger partial charge in [0.25, 0.3) is 0 Å². The van der Waals surface area contributed by atoms with Gasteiger partial charge in [-0.2, -0.15) is 0 Å². The maximum absolute atomic E-state index is 8.91. The molecule has 2 nitrogen and oxygen atoms in total. The predicted octanol–water partition coefficient (Wildman–Crippen LogP) is -0.00100. The smallest absolute Gasteiger partial charge is 0.0805 e. The lowest BCUT2D eigenvalue weighted by Crippen LogP contribution is -2.20. The lowest BCUT2D eigenvalue weighted by atomic mass is 10.0. The molecule has 0 heterocycles. The van der Waals surface area contributed by atoms with Gasteiger partial charge in [0.1, 0.15) is 0 Å². The topological polar surface area (TPSA) is 40.5 Å². The molecule has 0 saturated carbocycles. The Labute approximate surface area is 55.5 Å². The van der Waals surface area contributed by atoms with E-state index in [1.165, 1.54) is 0 Å². The Hall–Kier alpha value is -0.520. The molecule has 0 aliphatic rings. The molecule has 0 saturated heterocycles. The van der Waals surface area contributed by atoms with Crippen molar-refractivity contribution in [2.24, 2.45) is 5.92 Å². The van der Waals surface area contributed by atoms with Crippen LogP contribution in [0.25, 0.3) is 0 Å². The molecule has 0 radical (unpaired) electrons. The molecule has 0 aliphatic carbocycles. The lowest BCUT2D eigenvalue weighted by molar-refractivity contribution is 0.0551. The second-order valence-corrected chi connectivity index (χ2v) is 2.14. The highest BCUT2D eigenvalue weighted by atomic mass is 16.3. The summed E-state index contributed by atoms with van der Waals surface area (Å²) in [5.41, 5.74) is 0. The van der Waals surface area contributed by atoms with Crippen LogP contribution in [0.4, 0.5) is 0 Å². The fourth-order valence-electron chi connectivity index (χ4n) is 0.502. The Bertz CT molecular complexity index is 104. The Morgan fingerprint density at radius 2 is 2.22 bits per heavy atom. The number of rotatable bonds is 3. The van der Waals surface area contributed by atoms with Crippen LogP contribution in [0.3, 0.4) is 0 Å². The standard InChI is InChI=1S/C7H12O2/c1-3-4-6(2)7(9)5-8/h1,6-9H,4-5H2,2H3/t6-,7-/m0/s1. The molecule has 0 aromatic rings. The van der Waals surface area contributed by atoms with E-state index < -0.39 is 6.10 Å². The van der Waals surface area contributed by atoms with Gasteiger partial charge in [-0.3, -0.25) is 0 Å². The van der Waals surface area contributed by atoms with Crippen molar-refractivity contribution in [2.45, 2.75) is 19.4 Å². The third-order valence-electron chi connectivity index (χ3n) is 1.28. The van der Waals surface area contributed by atoms with Crippen molar-refractivity contribution in [2.75, 3.05) is 6.61 Å². The first kappa shape index (κ1) is 8.48. The monoisotopic (exact) mass is 128 g/mol. The summed E-state index contributed by atoms with van der Waals surface area (Å²) in [4.78, 5) is 0. The van der Waals surface area contributed by atoms with E-state index in [1.54, 1.807) is 6.92 Å². The molecule has 2 atom stereocenters. The Kier molecular flexibility index (Phi) is 4.12. The van der Waals surface area contributed by atoms with Gasteiger partial charge >= 0.3 is 0 Å². The van der Waals surface area contributed by atoms with E-state index in [1.807, 2.05) is 0 Å². The molecule has 0 fully saturated rings. The van der Waals surface area contributed by atoms with E-state index in [0.717, 1.165) is 0 Å². The van der Waals surface area contributed by atoms with E-state index in [4.69, 9.17) is 16.6 Å². The molecule has 0 bridgehead atoms. The first-order valence-corrected chi connectivity index (χ1v) is 2.94. The maximum Gasteiger partial charge on any atom is 0.0805 e. The molecule has 0 rings (SSSR count). The third-order valence-corrected chi connectivity index (χ3v) is 1.28. The Morgan fingerprint density at radius 1 is 1.67 bits per heavy atom. The summed E-state index contributed by atoms with van der Waals surface area (Å²) < 4.78 is 0. The first-order chi connectivity index (χ1) is 4.22. The summed E-state index contributed by atoms with van der Waals surface area (Å²) in [6.07, 6.45) is 4.83. The number of hydrogen-bond acceptors (Lipinski definition) is 2. The SMILES string of the molecule is C#CC[C@H](C)[C@@H](O)CO. The Balaban J connectivity index is 3.48. The maximum atomic E-state index is 8.91. The van der Waals surface area contributed by atoms with Crippen molar-refractivity contribution in [3.63, 3.8) is 0 Å². The zero-order valence-electron chi connectivity index (χ0n) is 5.54. The summed E-state index contributed by atoms with van der Waals surface area (Å²) in [5, 5.41) is 17.3.